The molecule has 1 aliphatic rings. The Morgan fingerprint density at radius 1 is 1.12 bits per heavy atom. The van der Waals surface area contributed by atoms with Crippen LogP contribution in [-0.2, 0) is 14.8 Å². The number of hydrogen-bond acceptors (Lipinski definition) is 8. The quantitative estimate of drug-likeness (QED) is 0.536. The van der Waals surface area contributed by atoms with Crippen molar-refractivity contribution < 1.29 is 17.9 Å². The summed E-state index contributed by atoms with van der Waals surface area (Å²) in [7, 11) is -3.73. The number of sulfonamides is 1. The van der Waals surface area contributed by atoms with Crippen molar-refractivity contribution in [1.82, 2.24) is 23.9 Å². The number of nitrogens with zero attached hydrogens (tertiary/aromatic N) is 6. The first-order valence-electron chi connectivity index (χ1n) is 11.2. The van der Waals surface area contributed by atoms with E-state index in [9.17, 15) is 13.2 Å². The molecule has 34 heavy (non-hydrogen) atoms. The fourth-order valence-electron chi connectivity index (χ4n) is 3.99. The lowest BCUT2D eigenvalue weighted by atomic mass is 10.2. The third-order valence-electron chi connectivity index (χ3n) is 5.75. The van der Waals surface area contributed by atoms with E-state index in [-0.39, 0.29) is 10.7 Å². The molecule has 0 saturated carbocycles. The summed E-state index contributed by atoms with van der Waals surface area (Å²) < 4.78 is 34.6. The molecule has 0 bridgehead atoms. The standard InChI is InChI=1S/C22H29N7O4S/c1-5-27(6-2)19-8-7-17(34(31,32)28-9-11-33-12-10-28)14-18(19)24-21(30)20-25-22-23-15(3)13-16(4)29(22)26-20/h7-8,13-14H,5-6,9-12H2,1-4H3,(H,24,30). The molecule has 0 aliphatic carbocycles. The molecule has 3 aromatic rings. The van der Waals surface area contributed by atoms with Gasteiger partial charge in [0.1, 0.15) is 0 Å². The number of amides is 1. The largest absolute Gasteiger partial charge is 0.379 e. The summed E-state index contributed by atoms with van der Waals surface area (Å²) >= 11 is 0. The lowest BCUT2D eigenvalue weighted by Crippen LogP contribution is -2.40. The Labute approximate surface area is 198 Å². The fourth-order valence-corrected chi connectivity index (χ4v) is 5.43. The average molecular weight is 488 g/mol. The highest BCUT2D eigenvalue weighted by atomic mass is 32.2. The summed E-state index contributed by atoms with van der Waals surface area (Å²) in [5, 5.41) is 7.12. The minimum absolute atomic E-state index is 0.0480. The van der Waals surface area contributed by atoms with Gasteiger partial charge in [-0.05, 0) is 52.0 Å². The Hall–Kier alpha value is -3.09. The van der Waals surface area contributed by atoms with Crippen molar-refractivity contribution in [3.63, 3.8) is 0 Å². The number of anilines is 2. The lowest BCUT2D eigenvalue weighted by Gasteiger charge is -2.28. The molecule has 12 heteroatoms. The summed E-state index contributed by atoms with van der Waals surface area (Å²) in [6.45, 7) is 10.3. The summed E-state index contributed by atoms with van der Waals surface area (Å²) in [4.78, 5) is 23.9. The highest BCUT2D eigenvalue weighted by Crippen LogP contribution is 2.31. The number of hydrogen-bond donors (Lipinski definition) is 1. The van der Waals surface area contributed by atoms with Crippen LogP contribution in [0.4, 0.5) is 11.4 Å². The van der Waals surface area contributed by atoms with Crippen LogP contribution < -0.4 is 10.2 Å². The smallest absolute Gasteiger partial charge is 0.295 e. The maximum atomic E-state index is 13.2. The number of rotatable bonds is 7. The van der Waals surface area contributed by atoms with Gasteiger partial charge in [0.2, 0.25) is 15.8 Å². The minimum Gasteiger partial charge on any atom is -0.379 e. The predicted molar refractivity (Wildman–Crippen MR) is 128 cm³/mol. The summed E-state index contributed by atoms with van der Waals surface area (Å²) in [6.07, 6.45) is 0. The van der Waals surface area contributed by atoms with Gasteiger partial charge in [0.15, 0.2) is 0 Å². The molecule has 1 aliphatic heterocycles. The highest BCUT2D eigenvalue weighted by Gasteiger charge is 2.28. The second-order valence-corrected chi connectivity index (χ2v) is 9.95. The SMILES string of the molecule is CCN(CC)c1ccc(S(=O)(=O)N2CCOCC2)cc1NC(=O)c1nc2nc(C)cc(C)n2n1. The zero-order valence-corrected chi connectivity index (χ0v) is 20.6. The maximum absolute atomic E-state index is 13.2. The van der Waals surface area contributed by atoms with Crippen molar-refractivity contribution in [3.05, 3.63) is 41.5 Å². The summed E-state index contributed by atoms with van der Waals surface area (Å²) in [6, 6.07) is 6.65. The van der Waals surface area contributed by atoms with Gasteiger partial charge in [0, 0.05) is 37.6 Å². The molecule has 0 radical (unpaired) electrons. The average Bonchev–Trinajstić information content (AvgIpc) is 3.26. The van der Waals surface area contributed by atoms with Gasteiger partial charge >= 0.3 is 0 Å². The number of aryl methyl sites for hydroxylation is 2. The van der Waals surface area contributed by atoms with Crippen LogP contribution in [-0.4, -0.2) is 77.6 Å². The number of ether oxygens (including phenoxy) is 1. The van der Waals surface area contributed by atoms with Crippen LogP contribution in [0.5, 0.6) is 0 Å². The van der Waals surface area contributed by atoms with Crippen LogP contribution in [0.25, 0.3) is 5.78 Å². The van der Waals surface area contributed by atoms with E-state index in [4.69, 9.17) is 4.74 Å². The second kappa shape index (κ2) is 9.65. The Bertz CT molecular complexity index is 1310. The zero-order valence-electron chi connectivity index (χ0n) is 19.8. The lowest BCUT2D eigenvalue weighted by molar-refractivity contribution is 0.0730. The number of morpholine rings is 1. The van der Waals surface area contributed by atoms with Gasteiger partial charge in [0.25, 0.3) is 11.7 Å². The van der Waals surface area contributed by atoms with Crippen molar-refractivity contribution in [2.75, 3.05) is 49.6 Å². The van der Waals surface area contributed by atoms with Gasteiger partial charge in [-0.15, -0.1) is 5.10 Å². The Morgan fingerprint density at radius 2 is 1.82 bits per heavy atom. The van der Waals surface area contributed by atoms with Crippen molar-refractivity contribution in [2.24, 2.45) is 0 Å². The van der Waals surface area contributed by atoms with Crippen molar-refractivity contribution >= 4 is 33.1 Å². The van der Waals surface area contributed by atoms with Gasteiger partial charge in [-0.2, -0.15) is 9.29 Å². The number of fused-ring (bicyclic) bond motifs is 1. The van der Waals surface area contributed by atoms with Gasteiger partial charge < -0.3 is 15.0 Å². The molecular weight excluding hydrogens is 458 g/mol. The van der Waals surface area contributed by atoms with Gasteiger partial charge in [-0.25, -0.2) is 17.9 Å². The third kappa shape index (κ3) is 4.61. The molecule has 0 unspecified atom stereocenters. The van der Waals surface area contributed by atoms with Crippen LogP contribution in [0.2, 0.25) is 0 Å². The first-order valence-corrected chi connectivity index (χ1v) is 12.7. The molecule has 11 nitrogen and oxygen atoms in total. The number of aromatic nitrogens is 4. The van der Waals surface area contributed by atoms with E-state index in [0.717, 1.165) is 11.4 Å². The molecule has 0 spiro atoms. The van der Waals surface area contributed by atoms with Crippen molar-refractivity contribution in [1.29, 1.82) is 0 Å². The van der Waals surface area contributed by atoms with Gasteiger partial charge in [0.05, 0.1) is 29.5 Å². The first kappa shape index (κ1) is 24.0. The second-order valence-electron chi connectivity index (χ2n) is 8.01. The van der Waals surface area contributed by atoms with E-state index >= 15 is 0 Å². The Kier molecular flexibility index (Phi) is 6.82. The summed E-state index contributed by atoms with van der Waals surface area (Å²) in [5.41, 5.74) is 2.67. The molecule has 1 N–H and O–H groups in total. The van der Waals surface area contributed by atoms with Gasteiger partial charge in [-0.3, -0.25) is 4.79 Å². The van der Waals surface area contributed by atoms with Crippen LogP contribution in [0.1, 0.15) is 35.9 Å². The van der Waals surface area contributed by atoms with Crippen molar-refractivity contribution in [3.8, 4) is 0 Å². The molecule has 182 valence electrons. The Balaban J connectivity index is 1.71. The molecular formula is C22H29N7O4S. The highest BCUT2D eigenvalue weighted by molar-refractivity contribution is 7.89. The third-order valence-corrected chi connectivity index (χ3v) is 7.64. The molecule has 3 heterocycles. The normalized spacial score (nSPS) is 14.9. The molecule has 1 fully saturated rings. The number of nitrogens with one attached hydrogen (secondary N) is 1. The van der Waals surface area contributed by atoms with E-state index < -0.39 is 15.9 Å². The van der Waals surface area contributed by atoms with E-state index in [0.29, 0.717) is 56.5 Å². The first-order chi connectivity index (χ1) is 16.2. The molecule has 1 amide bonds. The van der Waals surface area contributed by atoms with E-state index in [1.807, 2.05) is 38.7 Å². The molecule has 4 rings (SSSR count). The Morgan fingerprint density at radius 3 is 2.50 bits per heavy atom. The molecule has 1 aromatic carbocycles. The molecule has 2 aromatic heterocycles. The van der Waals surface area contributed by atoms with Crippen LogP contribution in [0.3, 0.4) is 0 Å². The molecule has 1 saturated heterocycles. The minimum atomic E-state index is -3.73. The number of carbonyl (C=O) groups is 1. The van der Waals surface area contributed by atoms with E-state index in [2.05, 4.69) is 20.4 Å². The van der Waals surface area contributed by atoms with Crippen LogP contribution in [0.15, 0.2) is 29.2 Å². The topological polar surface area (TPSA) is 122 Å². The fraction of sp³-hybridized carbons (Fsp3) is 0.455. The number of carbonyl (C=O) groups excluding carboxylic acids is 1. The van der Waals surface area contributed by atoms with Gasteiger partial charge in [-0.1, -0.05) is 0 Å². The molecule has 0 atom stereocenters. The number of benzene rings is 1. The summed E-state index contributed by atoms with van der Waals surface area (Å²) in [5.74, 6) is -0.264. The van der Waals surface area contributed by atoms with Crippen LogP contribution in [0, 0.1) is 13.8 Å². The zero-order chi connectivity index (χ0) is 24.5. The monoisotopic (exact) mass is 487 g/mol. The maximum Gasteiger partial charge on any atom is 0.295 e. The van der Waals surface area contributed by atoms with E-state index in [1.54, 1.807) is 12.1 Å². The predicted octanol–water partition coefficient (Wildman–Crippen LogP) is 1.86. The van der Waals surface area contributed by atoms with E-state index in [1.165, 1.54) is 14.9 Å². The van der Waals surface area contributed by atoms with Crippen molar-refractivity contribution in [2.45, 2.75) is 32.6 Å². The van der Waals surface area contributed by atoms with Crippen LogP contribution >= 0.6 is 0 Å².